The fourth-order valence-electron chi connectivity index (χ4n) is 15.8. The number of aliphatic carboxylic acids is 1. The number of carbonyl (C=O) groups excluding carboxylic acids is 19. The highest BCUT2D eigenvalue weighted by Crippen LogP contribution is 2.23. The van der Waals surface area contributed by atoms with E-state index < -0.39 is 264 Å². The topological polar surface area (TPSA) is 790 Å². The number of primary amides is 2. The van der Waals surface area contributed by atoms with Crippen molar-refractivity contribution in [3.63, 3.8) is 0 Å². The fraction of sp³-hybridized carbons (Fsp3) is 0.602. The normalized spacial score (nSPS) is 15.8. The molecule has 147 heavy (non-hydrogen) atoms. The molecule has 0 spiro atoms. The molecule has 1 aliphatic heterocycles. The van der Waals surface area contributed by atoms with Gasteiger partial charge in [0.15, 0.2) is 5.96 Å². The molecule has 3 aromatic carbocycles. The number of aliphatic hydroxyl groups excluding tert-OH is 1. The number of unbranched alkanes of at least 4 members (excludes halogenated alkanes) is 2. The predicted molar refractivity (Wildman–Crippen MR) is 546 cm³/mol. The van der Waals surface area contributed by atoms with Crippen LogP contribution in [0.4, 0.5) is 0 Å². The van der Waals surface area contributed by atoms with Crippen molar-refractivity contribution in [2.45, 2.75) is 307 Å². The molecule has 1 fully saturated rings. The summed E-state index contributed by atoms with van der Waals surface area (Å²) in [4.78, 5) is 282. The number of carboxylic acids is 1. The zero-order valence-electron chi connectivity index (χ0n) is 85.7. The van der Waals surface area contributed by atoms with Gasteiger partial charge >= 0.3 is 5.97 Å². The maximum absolute atomic E-state index is 14.9. The minimum atomic E-state index is -1.83. The van der Waals surface area contributed by atoms with E-state index in [2.05, 4.69) is 103 Å². The van der Waals surface area contributed by atoms with Gasteiger partial charge < -0.3 is 145 Å². The number of phenols is 1. The lowest BCUT2D eigenvalue weighted by Crippen LogP contribution is -2.62. The highest BCUT2D eigenvalue weighted by Gasteiger charge is 2.44. The van der Waals surface area contributed by atoms with Gasteiger partial charge in [-0.05, 0) is 169 Å². The summed E-state index contributed by atoms with van der Waals surface area (Å²) in [6, 6.07) is -4.27. The highest BCUT2D eigenvalue weighted by atomic mass is 32.1. The van der Waals surface area contributed by atoms with E-state index in [4.69, 9.17) is 39.8 Å². The van der Waals surface area contributed by atoms with Gasteiger partial charge in [0.25, 0.3) is 0 Å². The molecule has 18 atom stereocenters. The van der Waals surface area contributed by atoms with E-state index in [1.54, 1.807) is 130 Å². The molecule has 0 bridgehead atoms. The third-order valence-electron chi connectivity index (χ3n) is 23.8. The molecule has 1 heterocycles. The fourth-order valence-corrected chi connectivity index (χ4v) is 16.1. The number of aromatic hydroxyl groups is 1. The second kappa shape index (κ2) is 64.3. The van der Waals surface area contributed by atoms with E-state index >= 15 is 0 Å². The average molecular weight is 2080 g/mol. The van der Waals surface area contributed by atoms with Crippen LogP contribution in [0.1, 0.15) is 196 Å². The zero-order valence-corrected chi connectivity index (χ0v) is 86.6. The molecule has 816 valence electrons. The number of thiol groups is 1. The summed E-state index contributed by atoms with van der Waals surface area (Å²) in [6.45, 7) is 18.6. The van der Waals surface area contributed by atoms with Crippen molar-refractivity contribution >= 4 is 137 Å². The maximum atomic E-state index is 14.9. The summed E-state index contributed by atoms with van der Waals surface area (Å²) in [7, 11) is 0. The molecule has 1 saturated heterocycles. The zero-order chi connectivity index (χ0) is 110. The largest absolute Gasteiger partial charge is 0.508 e. The van der Waals surface area contributed by atoms with E-state index in [1.807, 2.05) is 0 Å². The van der Waals surface area contributed by atoms with Crippen molar-refractivity contribution in [1.29, 1.82) is 5.41 Å². The van der Waals surface area contributed by atoms with Crippen molar-refractivity contribution in [2.75, 3.05) is 38.5 Å². The number of carbonyl (C=O) groups is 20. The Kier molecular flexibility index (Phi) is 55.0. The van der Waals surface area contributed by atoms with Crippen molar-refractivity contribution in [1.82, 2.24) is 95.3 Å². The molecule has 0 unspecified atom stereocenters. The van der Waals surface area contributed by atoms with Crippen molar-refractivity contribution < 1.29 is 111 Å². The second-order valence-corrected chi connectivity index (χ2v) is 39.1. The summed E-state index contributed by atoms with van der Waals surface area (Å²) < 4.78 is 0. The molecular weight excluding hydrogens is 1930 g/mol. The molecule has 33 N–H and O–H groups in total. The van der Waals surface area contributed by atoms with Crippen LogP contribution in [0, 0.1) is 35.0 Å². The van der Waals surface area contributed by atoms with E-state index in [0.29, 0.717) is 29.5 Å². The van der Waals surface area contributed by atoms with Crippen molar-refractivity contribution in [3.05, 3.63) is 102 Å². The van der Waals surface area contributed by atoms with Gasteiger partial charge in [0, 0.05) is 38.1 Å². The summed E-state index contributed by atoms with van der Waals surface area (Å²) >= 11 is 4.18. The molecule has 19 amide bonds. The molecule has 1 aliphatic rings. The molecule has 49 heteroatoms. The molecule has 0 radical (unpaired) electrons. The number of benzene rings is 3. The Bertz CT molecular complexity index is 4910. The number of rotatable bonds is 66. The first kappa shape index (κ1) is 126. The van der Waals surface area contributed by atoms with Crippen LogP contribution in [0.5, 0.6) is 5.75 Å². The molecule has 3 aromatic rings. The van der Waals surface area contributed by atoms with Crippen LogP contribution in [0.15, 0.2) is 84.9 Å². The molecule has 4 rings (SSSR count). The number of nitrogens with two attached hydrogens (primary N) is 6. The van der Waals surface area contributed by atoms with Gasteiger partial charge in [0.05, 0.1) is 25.5 Å². The van der Waals surface area contributed by atoms with Gasteiger partial charge in [0.2, 0.25) is 112 Å². The van der Waals surface area contributed by atoms with E-state index in [9.17, 15) is 111 Å². The third kappa shape index (κ3) is 45.1. The van der Waals surface area contributed by atoms with Crippen LogP contribution in [-0.4, -0.2) is 292 Å². The summed E-state index contributed by atoms with van der Waals surface area (Å²) in [5.41, 5.74) is 35.1. The maximum Gasteiger partial charge on any atom is 0.326 e. The van der Waals surface area contributed by atoms with Gasteiger partial charge in [-0.1, -0.05) is 142 Å². The van der Waals surface area contributed by atoms with Gasteiger partial charge in [-0.3, -0.25) is 96.5 Å². The lowest BCUT2D eigenvalue weighted by molar-refractivity contribution is -0.144. The number of carboxylic acid groups (broad SMARTS) is 1. The SMILES string of the molecule is CC(C)C[C@H](NC(=O)[C@H](CO)NC(=O)[C@@H](NC(=O)[C@H](Cc1ccccc1)NC(=O)[C@H](C)NC(=O)[C@H](Cc1ccc(O)cc1)NC(=O)[C@H](CC(C)C)NC(=O)[C@@H](NC(=O)[C@@H]1CCCN1C(=O)[C@H](CC(N)=O)NC(=O)[C@H](CC(C)C)NC(=O)[C@H](CS)NC(=O)[C@H](C)N)C(C)C)C(C)C)C(=O)N[C@@H](CCCCN)C(=O)N[C@@H](Cc1ccccc1)C(=O)N[C@@H](CCCNC(=N)N)C(=O)N[C@@H](CCCCN)C(=O)N[C@@H](CC(N)=O)C(=O)O. The van der Waals surface area contributed by atoms with Crippen LogP contribution in [0.25, 0.3) is 0 Å². The average Bonchev–Trinajstić information content (AvgIpc) is 1.67. The Morgan fingerprint density at radius 1 is 0.388 bits per heavy atom. The standard InChI is InChI=1S/C98H155N25O23S/c1-51(2)41-65(86(134)109-62(29-19-21-37-99)83(131)114-69(44-58-25-15-13-16-26-58)89(137)110-64(31-23-39-106-98(104)105)82(130)108-63(30-20-22-38-100)84(132)118-72(97(145)146)48-77(103)127)112-91(139)73(49-124)119-95(143)78(54(7)8)121-90(138)70(45-59-27-17-14-18-28-59)111-81(129)57(12)107-85(133)68(46-60-33-35-61(125)36-34-60)115-87(135)67(43-53(5)6)116-94(142)79(55(9)10)122-93(141)75-32-24-40-123(75)96(144)71(47-76(102)126)117-88(136)66(42-52(3)4)113-92(140)74(50-147)120-80(128)56(11)101/h13-18,25-28,33-36,51-57,62-75,78-79,124-125,147H,19-24,29-32,37-50,99-101H2,1-12H3,(H2,102,126)(H2,103,127)(H,107,133)(H,108,130)(H,109,134)(H,110,137)(H,111,129)(H,112,139)(H,113,140)(H,114,131)(H,115,135)(H,116,142)(H,117,136)(H,118,132)(H,119,143)(H,120,128)(H,121,138)(H,122,141)(H,145,146)(H4,104,105,106)/t56-,57-,62-,63-,64-,65-,66-,67-,68-,69-,70-,71-,72-,73-,74-,75-,78-,79-/m0/s1. The predicted octanol–water partition coefficient (Wildman–Crippen LogP) is -4.74. The first-order valence-corrected chi connectivity index (χ1v) is 50.2. The second-order valence-electron chi connectivity index (χ2n) is 38.7. The van der Waals surface area contributed by atoms with Crippen molar-refractivity contribution in [3.8, 4) is 5.75 Å². The van der Waals surface area contributed by atoms with Crippen LogP contribution >= 0.6 is 12.6 Å². The van der Waals surface area contributed by atoms with Crippen LogP contribution in [0.2, 0.25) is 0 Å². The Labute approximate surface area is 861 Å². The lowest BCUT2D eigenvalue weighted by Gasteiger charge is -2.32. The smallest absolute Gasteiger partial charge is 0.326 e. The molecule has 0 aliphatic carbocycles. The number of hydrogen-bond acceptors (Lipinski definition) is 27. The number of phenolic OH excluding ortho intramolecular Hbond substituents is 1. The highest BCUT2D eigenvalue weighted by molar-refractivity contribution is 7.80. The van der Waals surface area contributed by atoms with E-state index in [0.717, 1.165) is 4.90 Å². The monoisotopic (exact) mass is 2080 g/mol. The Morgan fingerprint density at radius 2 is 0.721 bits per heavy atom. The van der Waals surface area contributed by atoms with Crippen LogP contribution in [-0.2, 0) is 115 Å². The minimum Gasteiger partial charge on any atom is -0.508 e. The van der Waals surface area contributed by atoms with Crippen LogP contribution < -0.4 is 125 Å². The number of amides is 19. The Hall–Kier alpha value is -13.7. The van der Waals surface area contributed by atoms with Crippen molar-refractivity contribution in [2.24, 2.45) is 64.0 Å². The van der Waals surface area contributed by atoms with Gasteiger partial charge in [-0.15, -0.1) is 0 Å². The van der Waals surface area contributed by atoms with Gasteiger partial charge in [-0.2, -0.15) is 12.6 Å². The third-order valence-corrected chi connectivity index (χ3v) is 24.2. The number of hydrogen-bond donors (Lipinski definition) is 28. The number of nitrogens with one attached hydrogen (secondary N) is 18. The van der Waals surface area contributed by atoms with Gasteiger partial charge in [-0.25, -0.2) is 4.79 Å². The Balaban J connectivity index is 1.60. The molecule has 48 nitrogen and oxygen atoms in total. The molecular formula is C98H155N25O23S. The lowest BCUT2D eigenvalue weighted by atomic mass is 9.98. The summed E-state index contributed by atoms with van der Waals surface area (Å²) in [5, 5.41) is 82.7. The summed E-state index contributed by atoms with van der Waals surface area (Å²) in [6.07, 6.45) is -1.21. The Morgan fingerprint density at radius 3 is 1.12 bits per heavy atom. The van der Waals surface area contributed by atoms with Gasteiger partial charge in [0.1, 0.15) is 108 Å². The molecule has 0 aromatic heterocycles. The first-order chi connectivity index (χ1) is 69.3. The van der Waals surface area contributed by atoms with Crippen LogP contribution in [0.3, 0.4) is 0 Å². The summed E-state index contributed by atoms with van der Waals surface area (Å²) in [5.74, 6) is -22.4. The first-order valence-electron chi connectivity index (χ1n) is 49.6. The minimum absolute atomic E-state index is 0.0175. The quantitative estimate of drug-likeness (QED) is 0.0109. The number of aliphatic hydroxyl groups is 1. The number of guanidine groups is 1. The van der Waals surface area contributed by atoms with E-state index in [1.165, 1.54) is 38.1 Å². The number of nitrogens with zero attached hydrogens (tertiary/aromatic N) is 1. The number of likely N-dealkylation sites (tertiary alicyclic amines) is 1. The molecule has 0 saturated carbocycles. The van der Waals surface area contributed by atoms with E-state index in [-0.39, 0.29) is 145 Å².